The lowest BCUT2D eigenvalue weighted by Crippen LogP contribution is -2.41. The van der Waals surface area contributed by atoms with Crippen molar-refractivity contribution in [3.8, 4) is 0 Å². The topological polar surface area (TPSA) is 55.8 Å². The van der Waals surface area contributed by atoms with E-state index in [-0.39, 0.29) is 12.1 Å². The van der Waals surface area contributed by atoms with Crippen molar-refractivity contribution in [1.82, 2.24) is 4.90 Å². The minimum Gasteiger partial charge on any atom is -0.466 e. The van der Waals surface area contributed by atoms with E-state index < -0.39 is 5.60 Å². The van der Waals surface area contributed by atoms with Gasteiger partial charge in [-0.1, -0.05) is 24.3 Å². The van der Waals surface area contributed by atoms with Crippen molar-refractivity contribution < 1.29 is 19.1 Å². The molecule has 5 nitrogen and oxygen atoms in total. The summed E-state index contributed by atoms with van der Waals surface area (Å²) in [6.45, 7) is 6.98. The Labute approximate surface area is 149 Å². The van der Waals surface area contributed by atoms with Gasteiger partial charge in [-0.05, 0) is 56.7 Å². The zero-order chi connectivity index (χ0) is 18.4. The van der Waals surface area contributed by atoms with Gasteiger partial charge in [-0.15, -0.1) is 0 Å². The minimum atomic E-state index is -0.473. The average Bonchev–Trinajstić information content (AvgIpc) is 2.58. The Hall–Kier alpha value is -2.30. The first-order valence-electron chi connectivity index (χ1n) is 8.63. The van der Waals surface area contributed by atoms with Gasteiger partial charge in [-0.2, -0.15) is 0 Å². The Morgan fingerprint density at radius 2 is 1.80 bits per heavy atom. The molecule has 1 aromatic rings. The Morgan fingerprint density at radius 1 is 1.16 bits per heavy atom. The maximum atomic E-state index is 12.2. The van der Waals surface area contributed by atoms with E-state index in [0.29, 0.717) is 19.0 Å². The second-order valence-corrected chi connectivity index (χ2v) is 7.23. The number of carbonyl (C=O) groups is 2. The normalized spacial score (nSPS) is 16.1. The molecule has 0 N–H and O–H groups in total. The second-order valence-electron chi connectivity index (χ2n) is 7.23. The van der Waals surface area contributed by atoms with Crippen molar-refractivity contribution in [2.45, 2.75) is 45.1 Å². The van der Waals surface area contributed by atoms with Crippen LogP contribution < -0.4 is 0 Å². The van der Waals surface area contributed by atoms with Crippen molar-refractivity contribution in [3.05, 3.63) is 41.5 Å². The number of esters is 1. The van der Waals surface area contributed by atoms with Crippen molar-refractivity contribution >= 4 is 18.1 Å². The zero-order valence-corrected chi connectivity index (χ0v) is 15.5. The molecule has 1 amide bonds. The van der Waals surface area contributed by atoms with Crippen LogP contribution in [0.3, 0.4) is 0 Å². The molecule has 0 spiro atoms. The van der Waals surface area contributed by atoms with Gasteiger partial charge in [0, 0.05) is 19.2 Å². The number of hydrogen-bond donors (Lipinski definition) is 0. The second kappa shape index (κ2) is 8.19. The van der Waals surface area contributed by atoms with E-state index in [9.17, 15) is 9.59 Å². The van der Waals surface area contributed by atoms with Crippen molar-refractivity contribution in [2.75, 3.05) is 20.2 Å². The van der Waals surface area contributed by atoms with E-state index >= 15 is 0 Å². The quantitative estimate of drug-likeness (QED) is 0.614. The molecule has 0 aromatic heterocycles. The van der Waals surface area contributed by atoms with E-state index in [0.717, 1.165) is 18.4 Å². The summed E-state index contributed by atoms with van der Waals surface area (Å²) in [6.07, 6.45) is 4.74. The molecule has 136 valence electrons. The van der Waals surface area contributed by atoms with Crippen LogP contribution >= 0.6 is 0 Å². The largest absolute Gasteiger partial charge is 0.466 e. The summed E-state index contributed by atoms with van der Waals surface area (Å²) in [5, 5.41) is 0. The van der Waals surface area contributed by atoms with Crippen LogP contribution in [-0.4, -0.2) is 42.8 Å². The van der Waals surface area contributed by atoms with Gasteiger partial charge in [-0.3, -0.25) is 0 Å². The maximum Gasteiger partial charge on any atom is 0.410 e. The molecule has 0 bridgehead atoms. The Morgan fingerprint density at radius 3 is 2.40 bits per heavy atom. The number of carbonyl (C=O) groups excluding carboxylic acids is 2. The fourth-order valence-electron chi connectivity index (χ4n) is 2.96. The van der Waals surface area contributed by atoms with Gasteiger partial charge in [-0.25, -0.2) is 9.59 Å². The highest BCUT2D eigenvalue weighted by Gasteiger charge is 2.28. The first-order valence-corrected chi connectivity index (χ1v) is 8.63. The zero-order valence-electron chi connectivity index (χ0n) is 15.5. The number of amides is 1. The standard InChI is InChI=1S/C20H27NO4/c1-20(2,3)25-19(23)21-13-11-16(12-14-21)17-8-6-5-7-15(17)9-10-18(22)24-4/h5-10,16H,11-14H2,1-4H3/b10-9+. The van der Waals surface area contributed by atoms with E-state index in [2.05, 4.69) is 10.8 Å². The third-order valence-corrected chi connectivity index (χ3v) is 4.18. The highest BCUT2D eigenvalue weighted by atomic mass is 16.6. The Balaban J connectivity index is 2.02. The monoisotopic (exact) mass is 345 g/mol. The van der Waals surface area contributed by atoms with Crippen LogP contribution in [0.4, 0.5) is 4.79 Å². The van der Waals surface area contributed by atoms with Gasteiger partial charge in [0.25, 0.3) is 0 Å². The van der Waals surface area contributed by atoms with Crippen LogP contribution in [-0.2, 0) is 14.3 Å². The number of methoxy groups -OCH3 is 1. The van der Waals surface area contributed by atoms with Crippen molar-refractivity contribution in [3.63, 3.8) is 0 Å². The molecule has 5 heteroatoms. The highest BCUT2D eigenvalue weighted by molar-refractivity contribution is 5.87. The fourth-order valence-corrected chi connectivity index (χ4v) is 2.96. The molecule has 1 aliphatic heterocycles. The molecule has 1 fully saturated rings. The number of rotatable bonds is 3. The molecule has 0 aliphatic carbocycles. The van der Waals surface area contributed by atoms with Gasteiger partial charge in [0.1, 0.15) is 5.60 Å². The lowest BCUT2D eigenvalue weighted by molar-refractivity contribution is -0.134. The Bertz CT molecular complexity index is 637. The summed E-state index contributed by atoms with van der Waals surface area (Å²) in [6, 6.07) is 8.04. The highest BCUT2D eigenvalue weighted by Crippen LogP contribution is 2.31. The summed E-state index contributed by atoms with van der Waals surface area (Å²) in [7, 11) is 1.37. The SMILES string of the molecule is COC(=O)/C=C/c1ccccc1C1CCN(C(=O)OC(C)(C)C)CC1. The average molecular weight is 345 g/mol. The number of piperidine rings is 1. The molecule has 1 aromatic carbocycles. The Kier molecular flexibility index (Phi) is 6.23. The van der Waals surface area contributed by atoms with Crippen molar-refractivity contribution in [2.24, 2.45) is 0 Å². The maximum absolute atomic E-state index is 12.2. The van der Waals surface area contributed by atoms with Gasteiger partial charge in [0.2, 0.25) is 0 Å². The summed E-state index contributed by atoms with van der Waals surface area (Å²) in [4.78, 5) is 25.3. The van der Waals surface area contributed by atoms with Gasteiger partial charge >= 0.3 is 12.1 Å². The summed E-state index contributed by atoms with van der Waals surface area (Å²) >= 11 is 0. The number of ether oxygens (including phenoxy) is 2. The molecule has 1 saturated heterocycles. The van der Waals surface area contributed by atoms with Crippen LogP contribution in [0.5, 0.6) is 0 Å². The molecular formula is C20H27NO4. The van der Waals surface area contributed by atoms with E-state index in [1.807, 2.05) is 39.0 Å². The smallest absolute Gasteiger partial charge is 0.410 e. The lowest BCUT2D eigenvalue weighted by Gasteiger charge is -2.34. The molecular weight excluding hydrogens is 318 g/mol. The molecule has 2 rings (SSSR count). The predicted molar refractivity (Wildman–Crippen MR) is 97.3 cm³/mol. The van der Waals surface area contributed by atoms with Crippen LogP contribution in [0.25, 0.3) is 6.08 Å². The summed E-state index contributed by atoms with van der Waals surface area (Å²) in [5.41, 5.74) is 1.74. The molecule has 0 atom stereocenters. The van der Waals surface area contributed by atoms with Crippen LogP contribution in [0, 0.1) is 0 Å². The first kappa shape index (κ1) is 19.0. The van der Waals surface area contributed by atoms with Crippen LogP contribution in [0.1, 0.15) is 50.7 Å². The molecule has 0 saturated carbocycles. The number of nitrogens with zero attached hydrogens (tertiary/aromatic N) is 1. The first-order chi connectivity index (χ1) is 11.8. The van der Waals surface area contributed by atoms with Gasteiger partial charge in [0.05, 0.1) is 7.11 Å². The summed E-state index contributed by atoms with van der Waals surface area (Å²) < 4.78 is 10.1. The minimum absolute atomic E-state index is 0.246. The van der Waals surface area contributed by atoms with Gasteiger partial charge < -0.3 is 14.4 Å². The number of likely N-dealkylation sites (tertiary alicyclic amines) is 1. The number of hydrogen-bond acceptors (Lipinski definition) is 4. The number of benzene rings is 1. The lowest BCUT2D eigenvalue weighted by atomic mass is 9.86. The molecule has 25 heavy (non-hydrogen) atoms. The fraction of sp³-hybridized carbons (Fsp3) is 0.500. The third-order valence-electron chi connectivity index (χ3n) is 4.18. The van der Waals surface area contributed by atoms with E-state index in [4.69, 9.17) is 4.74 Å². The molecule has 0 radical (unpaired) electrons. The van der Waals surface area contributed by atoms with E-state index in [1.54, 1.807) is 11.0 Å². The van der Waals surface area contributed by atoms with Crippen LogP contribution in [0.15, 0.2) is 30.3 Å². The van der Waals surface area contributed by atoms with Crippen molar-refractivity contribution in [1.29, 1.82) is 0 Å². The predicted octanol–water partition coefficient (Wildman–Crippen LogP) is 3.99. The molecule has 0 unspecified atom stereocenters. The third kappa shape index (κ3) is 5.62. The molecule has 1 heterocycles. The van der Waals surface area contributed by atoms with Gasteiger partial charge in [0.15, 0.2) is 0 Å². The summed E-state index contributed by atoms with van der Waals surface area (Å²) in [5.74, 6) is -0.00766. The van der Waals surface area contributed by atoms with Crippen LogP contribution in [0.2, 0.25) is 0 Å². The van der Waals surface area contributed by atoms with E-state index in [1.165, 1.54) is 18.7 Å². The molecule has 1 aliphatic rings.